The minimum absolute atomic E-state index is 0.0567. The summed E-state index contributed by atoms with van der Waals surface area (Å²) in [4.78, 5) is 11.6. The Labute approximate surface area is 114 Å². The number of hydrogen-bond acceptors (Lipinski definition) is 4. The summed E-state index contributed by atoms with van der Waals surface area (Å²) in [7, 11) is 0. The van der Waals surface area contributed by atoms with Crippen molar-refractivity contribution in [3.8, 4) is 0 Å². The van der Waals surface area contributed by atoms with Crippen molar-refractivity contribution in [1.82, 2.24) is 10.6 Å². The molecule has 5 N–H and O–H groups in total. The zero-order chi connectivity index (χ0) is 14.5. The molecule has 19 heavy (non-hydrogen) atoms. The highest BCUT2D eigenvalue weighted by atomic mass is 16.4. The average molecular weight is 270 g/mol. The van der Waals surface area contributed by atoms with Crippen molar-refractivity contribution in [1.29, 1.82) is 0 Å². The summed E-state index contributed by atoms with van der Waals surface area (Å²) in [5.41, 5.74) is 5.49. The van der Waals surface area contributed by atoms with Crippen molar-refractivity contribution in [2.24, 2.45) is 16.3 Å². The van der Waals surface area contributed by atoms with Gasteiger partial charge in [0, 0.05) is 31.5 Å². The second-order valence-corrected chi connectivity index (χ2v) is 6.49. The second-order valence-electron chi connectivity index (χ2n) is 6.49. The monoisotopic (exact) mass is 270 g/mol. The zero-order valence-electron chi connectivity index (χ0n) is 12.1. The van der Waals surface area contributed by atoms with Crippen molar-refractivity contribution in [2.75, 3.05) is 13.1 Å². The maximum atomic E-state index is 11.6. The van der Waals surface area contributed by atoms with E-state index in [1.54, 1.807) is 0 Å². The summed E-state index contributed by atoms with van der Waals surface area (Å²) in [6.07, 6.45) is 3.26. The summed E-state index contributed by atoms with van der Waals surface area (Å²) in [5, 5.41) is 17.8. The first kappa shape index (κ1) is 15.8. The average Bonchev–Trinajstić information content (AvgIpc) is 3.02. The minimum atomic E-state index is -0.180. The fourth-order valence-electron chi connectivity index (χ4n) is 2.05. The van der Waals surface area contributed by atoms with Gasteiger partial charge in [0.25, 0.3) is 0 Å². The van der Waals surface area contributed by atoms with Crippen LogP contribution >= 0.6 is 0 Å². The van der Waals surface area contributed by atoms with Gasteiger partial charge in [-0.25, -0.2) is 0 Å². The van der Waals surface area contributed by atoms with Crippen LogP contribution in [0.2, 0.25) is 0 Å². The quantitative estimate of drug-likeness (QED) is 0.181. The number of nitrogens with two attached hydrogens (primary N) is 1. The predicted octanol–water partition coefficient (Wildman–Crippen LogP) is 0.798. The van der Waals surface area contributed by atoms with E-state index in [4.69, 9.17) is 10.9 Å². The fourth-order valence-corrected chi connectivity index (χ4v) is 2.05. The largest absolute Gasteiger partial charge is 0.409 e. The molecule has 0 aromatic heterocycles. The van der Waals surface area contributed by atoms with Gasteiger partial charge in [-0.1, -0.05) is 5.16 Å². The Bertz CT molecular complexity index is 343. The highest BCUT2D eigenvalue weighted by molar-refractivity contribution is 5.80. The summed E-state index contributed by atoms with van der Waals surface area (Å²) in [6.45, 7) is 7.36. The zero-order valence-corrected chi connectivity index (χ0v) is 12.1. The van der Waals surface area contributed by atoms with E-state index in [9.17, 15) is 4.79 Å². The number of carbonyl (C=O) groups is 1. The van der Waals surface area contributed by atoms with E-state index < -0.39 is 0 Å². The number of amidine groups is 1. The lowest BCUT2D eigenvalue weighted by Crippen LogP contribution is -2.42. The topological polar surface area (TPSA) is 99.7 Å². The lowest BCUT2D eigenvalue weighted by atomic mass is 10.0. The lowest BCUT2D eigenvalue weighted by Gasteiger charge is -2.21. The molecule has 0 saturated heterocycles. The number of nitrogens with zero attached hydrogens (tertiary/aromatic N) is 1. The summed E-state index contributed by atoms with van der Waals surface area (Å²) >= 11 is 0. The van der Waals surface area contributed by atoms with Crippen LogP contribution in [0.5, 0.6) is 0 Å². The fraction of sp³-hybridized carbons (Fsp3) is 0.846. The van der Waals surface area contributed by atoms with Crippen LogP contribution in [0.4, 0.5) is 0 Å². The number of rotatable bonds is 7. The van der Waals surface area contributed by atoms with Gasteiger partial charge in [0.1, 0.15) is 5.84 Å². The molecule has 0 atom stereocenters. The van der Waals surface area contributed by atoms with Crippen LogP contribution in [0.1, 0.15) is 46.5 Å². The van der Waals surface area contributed by atoms with Crippen molar-refractivity contribution in [3.05, 3.63) is 0 Å². The molecule has 6 nitrogen and oxygen atoms in total. The van der Waals surface area contributed by atoms with Gasteiger partial charge < -0.3 is 21.6 Å². The van der Waals surface area contributed by atoms with Crippen LogP contribution in [0, 0.1) is 5.41 Å². The molecule has 0 radical (unpaired) electrons. The minimum Gasteiger partial charge on any atom is -0.409 e. The Morgan fingerprint density at radius 1 is 1.42 bits per heavy atom. The number of hydrogen-bond donors (Lipinski definition) is 4. The molecule has 0 aromatic carbocycles. The Kier molecular flexibility index (Phi) is 5.17. The van der Waals surface area contributed by atoms with Gasteiger partial charge in [-0.3, -0.25) is 4.79 Å². The predicted molar refractivity (Wildman–Crippen MR) is 75.1 cm³/mol. The van der Waals surface area contributed by atoms with E-state index in [2.05, 4.69) is 15.8 Å². The van der Waals surface area contributed by atoms with E-state index in [1.165, 1.54) is 0 Å². The number of nitrogens with one attached hydrogen (secondary N) is 2. The first-order valence-electron chi connectivity index (χ1n) is 6.74. The summed E-state index contributed by atoms with van der Waals surface area (Å²) < 4.78 is 0. The molecular formula is C13H26N4O2. The molecule has 1 aliphatic rings. The Morgan fingerprint density at radius 3 is 2.53 bits per heavy atom. The van der Waals surface area contributed by atoms with Crippen molar-refractivity contribution in [3.63, 3.8) is 0 Å². The standard InChI is InChI=1S/C13H26N4O2/c1-12(2,3)16-11(18)4-7-15-9-13(5-6-13)8-10(14)17-19/h15,19H,4-9H2,1-3H3,(H2,14,17)(H,16,18). The molecule has 1 saturated carbocycles. The highest BCUT2D eigenvalue weighted by Gasteiger charge is 2.42. The number of amides is 1. The molecule has 0 aromatic rings. The van der Waals surface area contributed by atoms with E-state index in [1.807, 2.05) is 20.8 Å². The van der Waals surface area contributed by atoms with Gasteiger partial charge >= 0.3 is 0 Å². The Balaban J connectivity index is 2.16. The molecule has 1 amide bonds. The molecule has 1 aliphatic carbocycles. The van der Waals surface area contributed by atoms with E-state index >= 15 is 0 Å². The van der Waals surface area contributed by atoms with Gasteiger partial charge in [-0.2, -0.15) is 0 Å². The number of carbonyl (C=O) groups excluding carboxylic acids is 1. The molecule has 0 bridgehead atoms. The third-order valence-corrected chi connectivity index (χ3v) is 3.18. The molecule has 6 heteroatoms. The maximum absolute atomic E-state index is 11.6. The molecule has 0 unspecified atom stereocenters. The van der Waals surface area contributed by atoms with E-state index in [0.29, 0.717) is 19.4 Å². The first-order valence-corrected chi connectivity index (χ1v) is 6.74. The van der Waals surface area contributed by atoms with Crippen LogP contribution in [0.15, 0.2) is 5.16 Å². The van der Waals surface area contributed by atoms with Crippen molar-refractivity contribution >= 4 is 11.7 Å². The molecular weight excluding hydrogens is 244 g/mol. The lowest BCUT2D eigenvalue weighted by molar-refractivity contribution is -0.122. The van der Waals surface area contributed by atoms with Crippen LogP contribution in [-0.2, 0) is 4.79 Å². The van der Waals surface area contributed by atoms with Gasteiger partial charge in [-0.15, -0.1) is 0 Å². The summed E-state index contributed by atoms with van der Waals surface area (Å²) in [5.74, 6) is 0.339. The molecule has 0 spiro atoms. The van der Waals surface area contributed by atoms with Crippen LogP contribution < -0.4 is 16.4 Å². The molecule has 110 valence electrons. The van der Waals surface area contributed by atoms with Crippen molar-refractivity contribution in [2.45, 2.75) is 52.0 Å². The normalized spacial score (nSPS) is 18.2. The third kappa shape index (κ3) is 6.42. The molecule has 0 heterocycles. The van der Waals surface area contributed by atoms with Crippen LogP contribution in [0.3, 0.4) is 0 Å². The van der Waals surface area contributed by atoms with Gasteiger partial charge in [0.15, 0.2) is 0 Å². The SMILES string of the molecule is CC(C)(C)NC(=O)CCNCC1(CC(N)=NO)CC1. The molecule has 1 rings (SSSR count). The second kappa shape index (κ2) is 6.23. The smallest absolute Gasteiger partial charge is 0.221 e. The van der Waals surface area contributed by atoms with Crippen LogP contribution in [0.25, 0.3) is 0 Å². The van der Waals surface area contributed by atoms with Gasteiger partial charge in [-0.05, 0) is 39.0 Å². The summed E-state index contributed by atoms with van der Waals surface area (Å²) in [6, 6.07) is 0. The third-order valence-electron chi connectivity index (χ3n) is 3.18. The maximum Gasteiger partial charge on any atom is 0.221 e. The Morgan fingerprint density at radius 2 is 2.05 bits per heavy atom. The number of oxime groups is 1. The molecule has 1 fully saturated rings. The van der Waals surface area contributed by atoms with Crippen LogP contribution in [-0.4, -0.2) is 35.6 Å². The van der Waals surface area contributed by atoms with E-state index in [-0.39, 0.29) is 22.7 Å². The van der Waals surface area contributed by atoms with Gasteiger partial charge in [0.2, 0.25) is 5.91 Å². The van der Waals surface area contributed by atoms with Gasteiger partial charge in [0.05, 0.1) is 0 Å². The Hall–Kier alpha value is -1.30. The first-order chi connectivity index (χ1) is 8.76. The van der Waals surface area contributed by atoms with Crippen molar-refractivity contribution < 1.29 is 10.0 Å². The highest BCUT2D eigenvalue weighted by Crippen LogP contribution is 2.48. The van der Waals surface area contributed by atoms with E-state index in [0.717, 1.165) is 19.4 Å². The molecule has 0 aliphatic heterocycles.